The Balaban J connectivity index is 2.08. The zero-order valence-electron chi connectivity index (χ0n) is 13.7. The van der Waals surface area contributed by atoms with Crippen LogP contribution in [0.2, 0.25) is 0 Å². The summed E-state index contributed by atoms with van der Waals surface area (Å²) in [6, 6.07) is 13.5. The van der Waals surface area contributed by atoms with Crippen LogP contribution in [0.1, 0.15) is 21.6 Å². The van der Waals surface area contributed by atoms with Gasteiger partial charge in [-0.3, -0.25) is 19.8 Å². The summed E-state index contributed by atoms with van der Waals surface area (Å²) in [6.07, 6.45) is 0. The molecule has 0 aliphatic rings. The number of para-hydroxylation sites is 1. The molecule has 25 heavy (non-hydrogen) atoms. The van der Waals surface area contributed by atoms with Crippen LogP contribution in [0.4, 0.5) is 16.5 Å². The van der Waals surface area contributed by atoms with Crippen molar-refractivity contribution in [3.63, 3.8) is 0 Å². The number of aryl methyl sites for hydroxylation is 2. The van der Waals surface area contributed by atoms with Crippen molar-refractivity contribution >= 4 is 33.8 Å². The van der Waals surface area contributed by atoms with Crippen molar-refractivity contribution in [3.05, 3.63) is 80.8 Å². The molecule has 0 saturated carbocycles. The molecule has 0 aliphatic heterocycles. The first kappa shape index (κ1) is 16.8. The van der Waals surface area contributed by atoms with Crippen molar-refractivity contribution in [2.24, 2.45) is 0 Å². The maximum Gasteiger partial charge on any atom is 0.269 e. The first-order valence-electron chi connectivity index (χ1n) is 7.54. The highest BCUT2D eigenvalue weighted by atomic mass is 32.1. The first-order chi connectivity index (χ1) is 12.0. The molecule has 0 atom stereocenters. The molecule has 3 rings (SSSR count). The summed E-state index contributed by atoms with van der Waals surface area (Å²) in [5.41, 5.74) is 2.44. The van der Waals surface area contributed by atoms with Crippen molar-refractivity contribution in [1.82, 2.24) is 4.98 Å². The second kappa shape index (κ2) is 6.82. The summed E-state index contributed by atoms with van der Waals surface area (Å²) < 4.78 is 0. The zero-order chi connectivity index (χ0) is 18.0. The van der Waals surface area contributed by atoms with Crippen molar-refractivity contribution in [2.45, 2.75) is 13.8 Å². The van der Waals surface area contributed by atoms with Crippen molar-refractivity contribution in [1.29, 1.82) is 0 Å². The van der Waals surface area contributed by atoms with Crippen LogP contribution < -0.4 is 4.90 Å². The predicted molar refractivity (Wildman–Crippen MR) is 97.6 cm³/mol. The largest absolute Gasteiger partial charge is 0.269 e. The maximum atomic E-state index is 13.2. The molecule has 1 heterocycles. The van der Waals surface area contributed by atoms with E-state index in [9.17, 15) is 14.9 Å². The van der Waals surface area contributed by atoms with Crippen LogP contribution in [0, 0.1) is 24.0 Å². The molecule has 1 aromatic heterocycles. The molecule has 0 fully saturated rings. The van der Waals surface area contributed by atoms with Gasteiger partial charge in [0.1, 0.15) is 0 Å². The Hall–Kier alpha value is -3.06. The van der Waals surface area contributed by atoms with Crippen LogP contribution in [-0.2, 0) is 0 Å². The van der Waals surface area contributed by atoms with Gasteiger partial charge < -0.3 is 0 Å². The molecule has 3 aromatic rings. The van der Waals surface area contributed by atoms with E-state index in [4.69, 9.17) is 0 Å². The molecule has 2 aromatic carbocycles. The highest BCUT2D eigenvalue weighted by Crippen LogP contribution is 2.31. The molecule has 7 heteroatoms. The van der Waals surface area contributed by atoms with Gasteiger partial charge in [-0.2, -0.15) is 0 Å². The van der Waals surface area contributed by atoms with Gasteiger partial charge in [0.05, 0.1) is 16.3 Å². The lowest BCUT2D eigenvalue weighted by molar-refractivity contribution is -0.384. The number of rotatable bonds is 4. The van der Waals surface area contributed by atoms with Gasteiger partial charge in [0.25, 0.3) is 11.6 Å². The third-order valence-electron chi connectivity index (χ3n) is 3.67. The average molecular weight is 353 g/mol. The smallest absolute Gasteiger partial charge is 0.268 e. The number of hydrogen-bond acceptors (Lipinski definition) is 5. The SMILES string of the molecule is Cc1csc(N(C(=O)c2ccc([N+](=O)[O-])cc2C)c2ccccc2)n1. The Morgan fingerprint density at radius 1 is 1.16 bits per heavy atom. The summed E-state index contributed by atoms with van der Waals surface area (Å²) in [5, 5.41) is 13.4. The second-order valence-electron chi connectivity index (χ2n) is 5.50. The molecule has 0 bridgehead atoms. The number of carbonyl (C=O) groups is 1. The molecule has 0 N–H and O–H groups in total. The Bertz CT molecular complexity index is 938. The van der Waals surface area contributed by atoms with E-state index in [2.05, 4.69) is 4.98 Å². The van der Waals surface area contributed by atoms with E-state index in [1.807, 2.05) is 42.6 Å². The third-order valence-corrected chi connectivity index (χ3v) is 4.61. The lowest BCUT2D eigenvalue weighted by Crippen LogP contribution is -2.26. The van der Waals surface area contributed by atoms with E-state index in [0.29, 0.717) is 21.9 Å². The van der Waals surface area contributed by atoms with E-state index in [0.717, 1.165) is 5.69 Å². The number of benzene rings is 2. The van der Waals surface area contributed by atoms with Crippen LogP contribution in [0.3, 0.4) is 0 Å². The van der Waals surface area contributed by atoms with E-state index < -0.39 is 4.92 Å². The fourth-order valence-corrected chi connectivity index (χ4v) is 3.28. The van der Waals surface area contributed by atoms with Gasteiger partial charge in [0.15, 0.2) is 5.13 Å². The van der Waals surface area contributed by atoms with Gasteiger partial charge >= 0.3 is 0 Å². The van der Waals surface area contributed by atoms with Crippen LogP contribution in [0.5, 0.6) is 0 Å². The summed E-state index contributed by atoms with van der Waals surface area (Å²) >= 11 is 1.38. The van der Waals surface area contributed by atoms with E-state index in [1.165, 1.54) is 34.4 Å². The Morgan fingerprint density at radius 3 is 2.44 bits per heavy atom. The number of amides is 1. The molecule has 0 radical (unpaired) electrons. The van der Waals surface area contributed by atoms with Crippen LogP contribution in [0.25, 0.3) is 0 Å². The molecule has 0 aliphatic carbocycles. The minimum absolute atomic E-state index is 0.0367. The van der Waals surface area contributed by atoms with E-state index in [1.54, 1.807) is 6.92 Å². The summed E-state index contributed by atoms with van der Waals surface area (Å²) in [4.78, 5) is 29.6. The average Bonchev–Trinajstić information content (AvgIpc) is 3.01. The van der Waals surface area contributed by atoms with E-state index >= 15 is 0 Å². The Labute approximate surface area is 148 Å². The van der Waals surface area contributed by atoms with Crippen LogP contribution in [0.15, 0.2) is 53.9 Å². The van der Waals surface area contributed by atoms with Crippen molar-refractivity contribution in [2.75, 3.05) is 4.90 Å². The van der Waals surface area contributed by atoms with Crippen LogP contribution in [-0.4, -0.2) is 15.8 Å². The topological polar surface area (TPSA) is 76.3 Å². The van der Waals surface area contributed by atoms with E-state index in [-0.39, 0.29) is 11.6 Å². The minimum Gasteiger partial charge on any atom is -0.268 e. The number of thiazole rings is 1. The van der Waals surface area contributed by atoms with Gasteiger partial charge in [-0.15, -0.1) is 11.3 Å². The van der Waals surface area contributed by atoms with Crippen molar-refractivity contribution < 1.29 is 9.72 Å². The third kappa shape index (κ3) is 3.41. The highest BCUT2D eigenvalue weighted by molar-refractivity contribution is 7.14. The fourth-order valence-electron chi connectivity index (χ4n) is 2.46. The summed E-state index contributed by atoms with van der Waals surface area (Å²) in [6.45, 7) is 3.56. The van der Waals surface area contributed by atoms with Crippen molar-refractivity contribution in [3.8, 4) is 0 Å². The molecule has 6 nitrogen and oxygen atoms in total. The normalized spacial score (nSPS) is 10.5. The first-order valence-corrected chi connectivity index (χ1v) is 8.42. The number of nitrogens with zero attached hydrogens (tertiary/aromatic N) is 3. The Kier molecular flexibility index (Phi) is 4.58. The summed E-state index contributed by atoms with van der Waals surface area (Å²) in [5.74, 6) is -0.270. The fraction of sp³-hybridized carbons (Fsp3) is 0.111. The predicted octanol–water partition coefficient (Wildman–Crippen LogP) is 4.65. The molecule has 0 spiro atoms. The Morgan fingerprint density at radius 2 is 1.88 bits per heavy atom. The van der Waals surface area contributed by atoms with Gasteiger partial charge in [0.2, 0.25) is 0 Å². The number of nitro groups is 1. The quantitative estimate of drug-likeness (QED) is 0.505. The van der Waals surface area contributed by atoms with Gasteiger partial charge in [-0.05, 0) is 37.6 Å². The molecule has 1 amide bonds. The lowest BCUT2D eigenvalue weighted by Gasteiger charge is -2.21. The molecular weight excluding hydrogens is 338 g/mol. The number of aromatic nitrogens is 1. The summed E-state index contributed by atoms with van der Waals surface area (Å²) in [7, 11) is 0. The molecule has 126 valence electrons. The lowest BCUT2D eigenvalue weighted by atomic mass is 10.1. The van der Waals surface area contributed by atoms with Gasteiger partial charge in [-0.25, -0.2) is 4.98 Å². The number of non-ortho nitro benzene ring substituents is 1. The monoisotopic (exact) mass is 353 g/mol. The number of nitro benzene ring substituents is 1. The number of anilines is 2. The second-order valence-corrected chi connectivity index (χ2v) is 6.34. The standard InChI is InChI=1S/C18H15N3O3S/c1-12-10-15(21(23)24)8-9-16(12)17(22)20(14-6-4-3-5-7-14)18-19-13(2)11-25-18/h3-11H,1-2H3. The number of carbonyl (C=O) groups excluding carboxylic acids is 1. The molecular formula is C18H15N3O3S. The minimum atomic E-state index is -0.472. The molecule has 0 saturated heterocycles. The van der Waals surface area contributed by atoms with Crippen LogP contribution >= 0.6 is 11.3 Å². The van der Waals surface area contributed by atoms with Gasteiger partial charge in [-0.1, -0.05) is 18.2 Å². The maximum absolute atomic E-state index is 13.2. The number of hydrogen-bond donors (Lipinski definition) is 0. The molecule has 0 unspecified atom stereocenters. The zero-order valence-corrected chi connectivity index (χ0v) is 14.5. The highest BCUT2D eigenvalue weighted by Gasteiger charge is 2.24. The van der Waals surface area contributed by atoms with Gasteiger partial charge in [0, 0.05) is 23.1 Å².